The predicted octanol–water partition coefficient (Wildman–Crippen LogP) is 4.57. The highest BCUT2D eigenvalue weighted by Gasteiger charge is 2.14. The van der Waals surface area contributed by atoms with E-state index in [0.717, 1.165) is 22.6 Å². The van der Waals surface area contributed by atoms with Gasteiger partial charge in [-0.2, -0.15) is 0 Å². The molecule has 0 spiro atoms. The Morgan fingerprint density at radius 1 is 0.913 bits per heavy atom. The molecule has 0 bridgehead atoms. The van der Waals surface area contributed by atoms with Gasteiger partial charge in [-0.25, -0.2) is 13.8 Å². The molecule has 4 rings (SSSR count). The van der Waals surface area contributed by atoms with E-state index in [1.165, 1.54) is 6.07 Å². The number of hydrogen-bond donors (Lipinski definition) is 1. The summed E-state index contributed by atoms with van der Waals surface area (Å²) >= 11 is 0. The molecule has 5 heteroatoms. The van der Waals surface area contributed by atoms with Crippen molar-refractivity contribution in [1.29, 1.82) is 0 Å². The number of rotatable bonds is 2. The summed E-state index contributed by atoms with van der Waals surface area (Å²) in [6.07, 6.45) is 6.78. The molecule has 112 valence electrons. The van der Waals surface area contributed by atoms with Crippen LogP contribution in [-0.4, -0.2) is 15.0 Å². The summed E-state index contributed by atoms with van der Waals surface area (Å²) in [7, 11) is 0. The molecule has 0 unspecified atom stereocenters. The van der Waals surface area contributed by atoms with Crippen LogP contribution in [0.3, 0.4) is 0 Å². The third-order valence-corrected chi connectivity index (χ3v) is 3.79. The number of pyridine rings is 2. The van der Waals surface area contributed by atoms with Gasteiger partial charge in [-0.1, -0.05) is 12.1 Å². The summed E-state index contributed by atoms with van der Waals surface area (Å²) in [6, 6.07) is 9.81. The van der Waals surface area contributed by atoms with Crippen molar-refractivity contribution in [2.75, 3.05) is 0 Å². The molecule has 0 fully saturated rings. The van der Waals surface area contributed by atoms with Crippen LogP contribution in [0.25, 0.3) is 33.3 Å². The fourth-order valence-corrected chi connectivity index (χ4v) is 2.64. The Bertz CT molecular complexity index is 994. The van der Waals surface area contributed by atoms with Crippen LogP contribution in [0, 0.1) is 11.6 Å². The Kier molecular flexibility index (Phi) is 3.12. The van der Waals surface area contributed by atoms with E-state index in [1.807, 2.05) is 18.2 Å². The molecule has 0 saturated carbocycles. The van der Waals surface area contributed by atoms with E-state index in [9.17, 15) is 8.78 Å². The number of fused-ring (bicyclic) bond motifs is 1. The first-order chi connectivity index (χ1) is 11.2. The molecule has 4 aromatic rings. The molecule has 0 radical (unpaired) electrons. The third kappa shape index (κ3) is 2.26. The van der Waals surface area contributed by atoms with Crippen LogP contribution in [0.15, 0.2) is 61.2 Å². The lowest BCUT2D eigenvalue weighted by Gasteiger charge is -2.04. The topological polar surface area (TPSA) is 41.6 Å². The van der Waals surface area contributed by atoms with E-state index in [4.69, 9.17) is 0 Å². The second kappa shape index (κ2) is 5.28. The molecule has 0 aliphatic carbocycles. The first kappa shape index (κ1) is 13.6. The number of nitrogens with one attached hydrogen (secondary N) is 1. The van der Waals surface area contributed by atoms with Crippen molar-refractivity contribution in [1.82, 2.24) is 15.0 Å². The molecule has 1 N–H and O–H groups in total. The summed E-state index contributed by atoms with van der Waals surface area (Å²) in [6.45, 7) is 0. The lowest BCUT2D eigenvalue weighted by Crippen LogP contribution is -1.88. The zero-order chi connectivity index (χ0) is 15.8. The van der Waals surface area contributed by atoms with Gasteiger partial charge >= 0.3 is 0 Å². The minimum Gasteiger partial charge on any atom is -0.346 e. The first-order valence-corrected chi connectivity index (χ1v) is 7.06. The monoisotopic (exact) mass is 307 g/mol. The molecule has 0 amide bonds. The molecule has 3 nitrogen and oxygen atoms in total. The highest BCUT2D eigenvalue weighted by molar-refractivity contribution is 5.95. The number of H-pyrrole nitrogens is 1. The molecule has 0 saturated heterocycles. The number of hydrogen-bond acceptors (Lipinski definition) is 2. The minimum absolute atomic E-state index is 0.213. The highest BCUT2D eigenvalue weighted by Crippen LogP contribution is 2.32. The standard InChI is InChI=1S/C18H11F2N3/c19-16-3-1-2-13(17(16)20)15-10-23-18-14(15)8-12(9-22-18)11-4-6-21-7-5-11/h1-10H,(H,22,23). The molecule has 0 aliphatic rings. The average molecular weight is 307 g/mol. The normalized spacial score (nSPS) is 11.0. The van der Waals surface area contributed by atoms with Crippen molar-refractivity contribution >= 4 is 11.0 Å². The van der Waals surface area contributed by atoms with Crippen molar-refractivity contribution in [3.05, 3.63) is 72.8 Å². The molecule has 23 heavy (non-hydrogen) atoms. The number of aromatic nitrogens is 3. The van der Waals surface area contributed by atoms with Crippen LogP contribution in [-0.2, 0) is 0 Å². The zero-order valence-corrected chi connectivity index (χ0v) is 11.9. The fourth-order valence-electron chi connectivity index (χ4n) is 2.64. The minimum atomic E-state index is -0.866. The molecule has 1 aromatic carbocycles. The van der Waals surface area contributed by atoms with E-state index in [1.54, 1.807) is 30.9 Å². The number of aromatic amines is 1. The van der Waals surface area contributed by atoms with Crippen LogP contribution in [0.5, 0.6) is 0 Å². The summed E-state index contributed by atoms with van der Waals surface area (Å²) in [5, 5.41) is 0.740. The van der Waals surface area contributed by atoms with Crippen molar-refractivity contribution in [3.8, 4) is 22.3 Å². The smallest absolute Gasteiger partial charge is 0.166 e. The van der Waals surface area contributed by atoms with Gasteiger partial charge in [0.1, 0.15) is 5.65 Å². The van der Waals surface area contributed by atoms with E-state index in [-0.39, 0.29) is 5.56 Å². The van der Waals surface area contributed by atoms with E-state index in [2.05, 4.69) is 15.0 Å². The molecule has 3 aromatic heterocycles. The largest absolute Gasteiger partial charge is 0.346 e. The van der Waals surface area contributed by atoms with Crippen molar-refractivity contribution in [3.63, 3.8) is 0 Å². The summed E-state index contributed by atoms with van der Waals surface area (Å²) in [5.74, 6) is -1.72. The van der Waals surface area contributed by atoms with E-state index >= 15 is 0 Å². The summed E-state index contributed by atoms with van der Waals surface area (Å²) in [4.78, 5) is 11.4. The van der Waals surface area contributed by atoms with Crippen molar-refractivity contribution in [2.45, 2.75) is 0 Å². The average Bonchev–Trinajstić information content (AvgIpc) is 3.01. The van der Waals surface area contributed by atoms with Gasteiger partial charge in [-0.3, -0.25) is 4.98 Å². The van der Waals surface area contributed by atoms with Crippen LogP contribution in [0.1, 0.15) is 0 Å². The second-order valence-corrected chi connectivity index (χ2v) is 5.16. The van der Waals surface area contributed by atoms with Gasteiger partial charge in [0.2, 0.25) is 0 Å². The lowest BCUT2D eigenvalue weighted by molar-refractivity contribution is 0.511. The lowest BCUT2D eigenvalue weighted by atomic mass is 10.0. The van der Waals surface area contributed by atoms with Gasteiger partial charge in [-0.15, -0.1) is 0 Å². The molecular weight excluding hydrogens is 296 g/mol. The summed E-state index contributed by atoms with van der Waals surface area (Å²) < 4.78 is 27.6. The zero-order valence-electron chi connectivity index (χ0n) is 11.9. The Hall–Kier alpha value is -3.08. The van der Waals surface area contributed by atoms with E-state index in [0.29, 0.717) is 11.2 Å². The Balaban J connectivity index is 1.93. The van der Waals surface area contributed by atoms with Gasteiger partial charge in [0.25, 0.3) is 0 Å². The predicted molar refractivity (Wildman–Crippen MR) is 84.7 cm³/mol. The molecule has 0 aliphatic heterocycles. The van der Waals surface area contributed by atoms with Gasteiger partial charge in [-0.05, 0) is 29.8 Å². The quantitative estimate of drug-likeness (QED) is 0.589. The van der Waals surface area contributed by atoms with Crippen LogP contribution < -0.4 is 0 Å². The maximum absolute atomic E-state index is 14.1. The van der Waals surface area contributed by atoms with E-state index < -0.39 is 11.6 Å². The fraction of sp³-hybridized carbons (Fsp3) is 0. The number of benzene rings is 1. The first-order valence-electron chi connectivity index (χ1n) is 7.06. The number of halogens is 2. The van der Waals surface area contributed by atoms with Gasteiger partial charge in [0.15, 0.2) is 11.6 Å². The van der Waals surface area contributed by atoms with Crippen LogP contribution in [0.2, 0.25) is 0 Å². The summed E-state index contributed by atoms with van der Waals surface area (Å²) in [5.41, 5.74) is 3.27. The molecule has 3 heterocycles. The van der Waals surface area contributed by atoms with Crippen LogP contribution in [0.4, 0.5) is 8.78 Å². The van der Waals surface area contributed by atoms with Crippen molar-refractivity contribution < 1.29 is 8.78 Å². The van der Waals surface area contributed by atoms with Gasteiger partial charge in [0, 0.05) is 46.9 Å². The van der Waals surface area contributed by atoms with Gasteiger partial charge in [0.05, 0.1) is 0 Å². The third-order valence-electron chi connectivity index (χ3n) is 3.79. The second-order valence-electron chi connectivity index (χ2n) is 5.16. The maximum atomic E-state index is 14.1. The number of nitrogens with zero attached hydrogens (tertiary/aromatic N) is 2. The highest BCUT2D eigenvalue weighted by atomic mass is 19.2. The van der Waals surface area contributed by atoms with Crippen molar-refractivity contribution in [2.24, 2.45) is 0 Å². The Labute approximate surface area is 130 Å². The molecular formula is C18H11F2N3. The Morgan fingerprint density at radius 3 is 2.57 bits per heavy atom. The SMILES string of the molecule is Fc1cccc(-c2c[nH]c3ncc(-c4ccncc4)cc23)c1F. The molecule has 0 atom stereocenters. The van der Waals surface area contributed by atoms with Gasteiger partial charge < -0.3 is 4.98 Å². The van der Waals surface area contributed by atoms with Crippen LogP contribution >= 0.6 is 0 Å². The maximum Gasteiger partial charge on any atom is 0.166 e. The Morgan fingerprint density at radius 2 is 1.74 bits per heavy atom.